The van der Waals surface area contributed by atoms with Crippen molar-refractivity contribution in [2.24, 2.45) is 7.05 Å². The molecule has 0 bridgehead atoms. The predicted octanol–water partition coefficient (Wildman–Crippen LogP) is 3.90. The minimum atomic E-state index is -0.312. The molecule has 0 saturated carbocycles. The molecule has 0 fully saturated rings. The van der Waals surface area contributed by atoms with E-state index in [-0.39, 0.29) is 12.6 Å². The summed E-state index contributed by atoms with van der Waals surface area (Å²) in [5.74, 6) is -0.312. The molecule has 0 saturated heterocycles. The number of ether oxygens (including phenoxy) is 1. The van der Waals surface area contributed by atoms with E-state index in [0.717, 1.165) is 22.2 Å². The summed E-state index contributed by atoms with van der Waals surface area (Å²) in [6, 6.07) is 19.7. The van der Waals surface area contributed by atoms with Crippen LogP contribution in [0.4, 0.5) is 0 Å². The van der Waals surface area contributed by atoms with Crippen LogP contribution in [0.5, 0.6) is 0 Å². The van der Waals surface area contributed by atoms with E-state index in [1.54, 1.807) is 10.9 Å². The van der Waals surface area contributed by atoms with Crippen molar-refractivity contribution in [3.05, 3.63) is 78.6 Å². The highest BCUT2D eigenvalue weighted by Gasteiger charge is 2.23. The summed E-state index contributed by atoms with van der Waals surface area (Å²) in [6.45, 7) is 0.808. The van der Waals surface area contributed by atoms with Crippen molar-refractivity contribution in [2.75, 3.05) is 6.61 Å². The van der Waals surface area contributed by atoms with Crippen LogP contribution < -0.4 is 0 Å². The molecule has 0 unspecified atom stereocenters. The molecule has 0 amide bonds. The van der Waals surface area contributed by atoms with Gasteiger partial charge in [0.2, 0.25) is 0 Å². The Kier molecular flexibility index (Phi) is 4.27. The van der Waals surface area contributed by atoms with Crippen LogP contribution in [0, 0.1) is 0 Å². The number of esters is 1. The standard InChI is InChI=1S/C21H19N3O2/c1-23-18-11-6-5-10-17(18)19(20(23)16-8-3-2-4-9-16)21(25)26-15-14-24-13-7-12-22-24/h2-13H,14-15H2,1H3. The third-order valence-corrected chi connectivity index (χ3v) is 4.47. The Morgan fingerprint density at radius 1 is 1.04 bits per heavy atom. The van der Waals surface area contributed by atoms with Gasteiger partial charge in [0.1, 0.15) is 6.61 Å². The molecule has 0 spiro atoms. The number of aryl methyl sites for hydroxylation is 1. The number of para-hydroxylation sites is 1. The van der Waals surface area contributed by atoms with E-state index in [1.165, 1.54) is 0 Å². The maximum Gasteiger partial charge on any atom is 0.341 e. The average Bonchev–Trinajstić information content (AvgIpc) is 3.29. The van der Waals surface area contributed by atoms with Gasteiger partial charge in [-0.1, -0.05) is 48.5 Å². The smallest absolute Gasteiger partial charge is 0.341 e. The lowest BCUT2D eigenvalue weighted by atomic mass is 10.1. The zero-order chi connectivity index (χ0) is 17.9. The van der Waals surface area contributed by atoms with Crippen LogP contribution in [0.15, 0.2) is 73.1 Å². The van der Waals surface area contributed by atoms with Crippen LogP contribution in [0.25, 0.3) is 22.2 Å². The quantitative estimate of drug-likeness (QED) is 0.516. The lowest BCUT2D eigenvalue weighted by Gasteiger charge is -2.09. The Hall–Kier alpha value is -3.34. The largest absolute Gasteiger partial charge is 0.460 e. The molecule has 2 aromatic carbocycles. The van der Waals surface area contributed by atoms with Gasteiger partial charge in [-0.05, 0) is 17.7 Å². The molecule has 5 heteroatoms. The molecule has 0 aliphatic heterocycles. The first-order chi connectivity index (χ1) is 12.8. The van der Waals surface area contributed by atoms with E-state index >= 15 is 0 Å². The van der Waals surface area contributed by atoms with Gasteiger partial charge in [0.05, 0.1) is 17.8 Å². The second kappa shape index (κ2) is 6.88. The summed E-state index contributed by atoms with van der Waals surface area (Å²) in [6.07, 6.45) is 3.56. The average molecular weight is 345 g/mol. The van der Waals surface area contributed by atoms with E-state index < -0.39 is 0 Å². The fourth-order valence-corrected chi connectivity index (χ4v) is 3.27. The van der Waals surface area contributed by atoms with Gasteiger partial charge in [-0.15, -0.1) is 0 Å². The zero-order valence-corrected chi connectivity index (χ0v) is 14.5. The Bertz CT molecular complexity index is 1030. The van der Waals surface area contributed by atoms with Crippen molar-refractivity contribution >= 4 is 16.9 Å². The highest BCUT2D eigenvalue weighted by atomic mass is 16.5. The molecule has 4 rings (SSSR count). The molecular weight excluding hydrogens is 326 g/mol. The number of rotatable bonds is 5. The first-order valence-corrected chi connectivity index (χ1v) is 8.53. The van der Waals surface area contributed by atoms with E-state index in [1.807, 2.05) is 73.9 Å². The lowest BCUT2D eigenvalue weighted by Crippen LogP contribution is -2.12. The second-order valence-corrected chi connectivity index (χ2v) is 6.07. The maximum absolute atomic E-state index is 12.9. The number of nitrogens with zero attached hydrogens (tertiary/aromatic N) is 3. The van der Waals surface area contributed by atoms with E-state index in [0.29, 0.717) is 12.1 Å². The third-order valence-electron chi connectivity index (χ3n) is 4.47. The SMILES string of the molecule is Cn1c(-c2ccccc2)c(C(=O)OCCn2cccn2)c2ccccc21. The highest BCUT2D eigenvalue weighted by molar-refractivity contribution is 6.10. The fraction of sp³-hybridized carbons (Fsp3) is 0.143. The predicted molar refractivity (Wildman–Crippen MR) is 101 cm³/mol. The van der Waals surface area contributed by atoms with Crippen LogP contribution >= 0.6 is 0 Å². The minimum absolute atomic E-state index is 0.276. The van der Waals surface area contributed by atoms with E-state index in [9.17, 15) is 4.79 Å². The molecule has 0 aliphatic carbocycles. The van der Waals surface area contributed by atoms with Crippen LogP contribution in [0.2, 0.25) is 0 Å². The fourth-order valence-electron chi connectivity index (χ4n) is 3.27. The van der Waals surface area contributed by atoms with Gasteiger partial charge in [-0.2, -0.15) is 5.10 Å². The number of hydrogen-bond acceptors (Lipinski definition) is 3. The first kappa shape index (κ1) is 16.1. The van der Waals surface area contributed by atoms with Crippen molar-refractivity contribution < 1.29 is 9.53 Å². The van der Waals surface area contributed by atoms with Gasteiger partial charge in [0.15, 0.2) is 0 Å². The first-order valence-electron chi connectivity index (χ1n) is 8.53. The molecule has 2 aromatic heterocycles. The van der Waals surface area contributed by atoms with E-state index in [2.05, 4.69) is 9.67 Å². The number of carbonyl (C=O) groups is 1. The van der Waals surface area contributed by atoms with Gasteiger partial charge in [0, 0.05) is 30.3 Å². The Balaban J connectivity index is 1.72. The van der Waals surface area contributed by atoms with Gasteiger partial charge in [0.25, 0.3) is 0 Å². The molecule has 0 radical (unpaired) electrons. The molecular formula is C21H19N3O2. The normalized spacial score (nSPS) is 11.0. The van der Waals surface area contributed by atoms with Crippen LogP contribution in [-0.4, -0.2) is 26.9 Å². The number of aromatic nitrogens is 3. The van der Waals surface area contributed by atoms with Crippen molar-refractivity contribution in [1.82, 2.24) is 14.3 Å². The van der Waals surface area contributed by atoms with Crippen LogP contribution in [0.3, 0.4) is 0 Å². The van der Waals surface area contributed by atoms with Crippen LogP contribution in [0.1, 0.15) is 10.4 Å². The number of hydrogen-bond donors (Lipinski definition) is 0. The van der Waals surface area contributed by atoms with Crippen molar-refractivity contribution in [3.8, 4) is 11.3 Å². The van der Waals surface area contributed by atoms with E-state index in [4.69, 9.17) is 4.74 Å². The maximum atomic E-state index is 12.9. The number of benzene rings is 2. The molecule has 5 nitrogen and oxygen atoms in total. The van der Waals surface area contributed by atoms with Gasteiger partial charge in [-0.3, -0.25) is 4.68 Å². The molecule has 2 heterocycles. The molecule has 26 heavy (non-hydrogen) atoms. The molecule has 0 aliphatic rings. The second-order valence-electron chi connectivity index (χ2n) is 6.07. The summed E-state index contributed by atoms with van der Waals surface area (Å²) in [4.78, 5) is 12.9. The molecule has 0 N–H and O–H groups in total. The zero-order valence-electron chi connectivity index (χ0n) is 14.5. The third kappa shape index (κ3) is 2.88. The van der Waals surface area contributed by atoms with Crippen molar-refractivity contribution in [2.45, 2.75) is 6.54 Å². The lowest BCUT2D eigenvalue weighted by molar-refractivity contribution is 0.0491. The van der Waals surface area contributed by atoms with Crippen molar-refractivity contribution in [3.63, 3.8) is 0 Å². The number of carbonyl (C=O) groups excluding carboxylic acids is 1. The summed E-state index contributed by atoms with van der Waals surface area (Å²) < 4.78 is 9.37. The summed E-state index contributed by atoms with van der Waals surface area (Å²) in [7, 11) is 1.98. The highest BCUT2D eigenvalue weighted by Crippen LogP contribution is 2.33. The summed E-state index contributed by atoms with van der Waals surface area (Å²) >= 11 is 0. The Labute approximate surface area is 151 Å². The summed E-state index contributed by atoms with van der Waals surface area (Å²) in [5, 5.41) is 5.03. The Morgan fingerprint density at radius 2 is 1.81 bits per heavy atom. The monoisotopic (exact) mass is 345 g/mol. The molecule has 130 valence electrons. The molecule has 0 atom stereocenters. The van der Waals surface area contributed by atoms with Crippen molar-refractivity contribution in [1.29, 1.82) is 0 Å². The summed E-state index contributed by atoms with van der Waals surface area (Å²) in [5.41, 5.74) is 3.47. The molecule has 4 aromatic rings. The van der Waals surface area contributed by atoms with Gasteiger partial charge < -0.3 is 9.30 Å². The van der Waals surface area contributed by atoms with Crippen LogP contribution in [-0.2, 0) is 18.3 Å². The minimum Gasteiger partial charge on any atom is -0.460 e. The van der Waals surface area contributed by atoms with Gasteiger partial charge >= 0.3 is 5.97 Å². The number of fused-ring (bicyclic) bond motifs is 1. The Morgan fingerprint density at radius 3 is 2.58 bits per heavy atom. The topological polar surface area (TPSA) is 49.0 Å². The van der Waals surface area contributed by atoms with Gasteiger partial charge in [-0.25, -0.2) is 4.79 Å².